The SMILES string of the molecule is CCOC(=O)NN1C(=O)[C@H]2CCC(=O)[C@]1(C)C2(C)C. The Morgan fingerprint density at radius 2 is 2.05 bits per heavy atom. The summed E-state index contributed by atoms with van der Waals surface area (Å²) in [7, 11) is 0. The summed E-state index contributed by atoms with van der Waals surface area (Å²) in [6.07, 6.45) is 0.215. The van der Waals surface area contributed by atoms with Gasteiger partial charge in [0, 0.05) is 17.8 Å². The first-order valence-electron chi connectivity index (χ1n) is 6.57. The van der Waals surface area contributed by atoms with Crippen molar-refractivity contribution in [2.75, 3.05) is 6.61 Å². The molecule has 6 heteroatoms. The largest absolute Gasteiger partial charge is 0.449 e. The predicted molar refractivity (Wildman–Crippen MR) is 66.9 cm³/mol. The maximum absolute atomic E-state index is 12.4. The quantitative estimate of drug-likeness (QED) is 0.818. The number of Topliss-reactive ketones (excluding diaryl/α,β-unsaturated/α-hetero) is 1. The average molecular weight is 268 g/mol. The van der Waals surface area contributed by atoms with Crippen molar-refractivity contribution >= 4 is 17.8 Å². The molecule has 1 aliphatic heterocycles. The fourth-order valence-corrected chi connectivity index (χ4v) is 3.22. The summed E-state index contributed by atoms with van der Waals surface area (Å²) < 4.78 is 4.79. The zero-order valence-corrected chi connectivity index (χ0v) is 11.8. The standard InChI is InChI=1S/C13H20N2O4/c1-5-19-11(18)14-15-10(17)8-6-7-9(16)13(15,4)12(8,2)3/h8H,5-7H2,1-4H3,(H,14,18)/t8-,13-/m1/s1. The second-order valence-corrected chi connectivity index (χ2v) is 5.81. The van der Waals surface area contributed by atoms with Crippen LogP contribution < -0.4 is 5.43 Å². The normalized spacial score (nSPS) is 32.4. The molecule has 0 aromatic heterocycles. The van der Waals surface area contributed by atoms with Crippen LogP contribution in [0.5, 0.6) is 0 Å². The number of hydrazine groups is 1. The summed E-state index contributed by atoms with van der Waals surface area (Å²) in [5, 5.41) is 1.19. The highest BCUT2D eigenvalue weighted by Gasteiger charge is 2.67. The van der Waals surface area contributed by atoms with Gasteiger partial charge in [-0.2, -0.15) is 0 Å². The summed E-state index contributed by atoms with van der Waals surface area (Å²) in [6.45, 7) is 7.42. The number of nitrogens with one attached hydrogen (secondary N) is 1. The molecule has 1 heterocycles. The Balaban J connectivity index is 2.36. The van der Waals surface area contributed by atoms with Crippen LogP contribution in [-0.2, 0) is 14.3 Å². The molecule has 1 saturated carbocycles. The van der Waals surface area contributed by atoms with Crippen molar-refractivity contribution in [1.82, 2.24) is 10.4 Å². The van der Waals surface area contributed by atoms with E-state index in [4.69, 9.17) is 4.74 Å². The van der Waals surface area contributed by atoms with Gasteiger partial charge in [-0.05, 0) is 20.3 Å². The van der Waals surface area contributed by atoms with Gasteiger partial charge in [-0.25, -0.2) is 15.2 Å². The number of ether oxygens (including phenoxy) is 1. The van der Waals surface area contributed by atoms with Crippen molar-refractivity contribution in [1.29, 1.82) is 0 Å². The smallest absolute Gasteiger partial charge is 0.426 e. The van der Waals surface area contributed by atoms with Gasteiger partial charge in [0.05, 0.1) is 6.61 Å². The second-order valence-electron chi connectivity index (χ2n) is 5.81. The molecule has 0 unspecified atom stereocenters. The zero-order chi connectivity index (χ0) is 14.4. The van der Waals surface area contributed by atoms with Crippen molar-refractivity contribution in [3.63, 3.8) is 0 Å². The lowest BCUT2D eigenvalue weighted by Gasteiger charge is -2.44. The van der Waals surface area contributed by atoms with E-state index >= 15 is 0 Å². The molecule has 1 N–H and O–H groups in total. The highest BCUT2D eigenvalue weighted by atomic mass is 16.6. The fraction of sp³-hybridized carbons (Fsp3) is 0.769. The van der Waals surface area contributed by atoms with Gasteiger partial charge in [0.25, 0.3) is 0 Å². The minimum Gasteiger partial charge on any atom is -0.449 e. The van der Waals surface area contributed by atoms with Crippen LogP contribution in [0.2, 0.25) is 0 Å². The van der Waals surface area contributed by atoms with Gasteiger partial charge in [0.2, 0.25) is 5.91 Å². The number of amides is 2. The molecule has 2 bridgehead atoms. The van der Waals surface area contributed by atoms with Gasteiger partial charge in [0.15, 0.2) is 5.78 Å². The van der Waals surface area contributed by atoms with Crippen LogP contribution in [0.15, 0.2) is 0 Å². The first-order chi connectivity index (χ1) is 8.76. The summed E-state index contributed by atoms with van der Waals surface area (Å²) in [5.41, 5.74) is 0.928. The zero-order valence-electron chi connectivity index (χ0n) is 11.8. The molecule has 0 aromatic carbocycles. The lowest BCUT2D eigenvalue weighted by Crippen LogP contribution is -2.62. The van der Waals surface area contributed by atoms with Gasteiger partial charge in [-0.15, -0.1) is 0 Å². The number of ketones is 1. The molecule has 2 fully saturated rings. The summed E-state index contributed by atoms with van der Waals surface area (Å²) in [5.74, 6) is -0.458. The van der Waals surface area contributed by atoms with Gasteiger partial charge < -0.3 is 4.74 Å². The Labute approximate surface area is 112 Å². The Hall–Kier alpha value is -1.59. The van der Waals surface area contributed by atoms with Crippen molar-refractivity contribution in [2.24, 2.45) is 11.3 Å². The number of rotatable bonds is 2. The fourth-order valence-electron chi connectivity index (χ4n) is 3.22. The van der Waals surface area contributed by atoms with Crippen LogP contribution in [-0.4, -0.2) is 34.9 Å². The maximum atomic E-state index is 12.4. The minimum atomic E-state index is -1.00. The molecule has 0 spiro atoms. The van der Waals surface area contributed by atoms with Gasteiger partial charge in [-0.1, -0.05) is 13.8 Å². The average Bonchev–Trinajstić information content (AvgIpc) is 2.40. The lowest BCUT2D eigenvalue weighted by molar-refractivity contribution is -0.144. The lowest BCUT2D eigenvalue weighted by atomic mass is 9.61. The van der Waals surface area contributed by atoms with Crippen LogP contribution in [0.4, 0.5) is 4.79 Å². The van der Waals surface area contributed by atoms with Crippen LogP contribution in [0, 0.1) is 11.3 Å². The molecule has 2 aliphatic rings. The van der Waals surface area contributed by atoms with Crippen molar-refractivity contribution in [3.8, 4) is 0 Å². The molecule has 6 nitrogen and oxygen atoms in total. The van der Waals surface area contributed by atoms with Crippen molar-refractivity contribution < 1.29 is 19.1 Å². The van der Waals surface area contributed by atoms with E-state index < -0.39 is 17.0 Å². The molecule has 106 valence electrons. The minimum absolute atomic E-state index is 0.0172. The van der Waals surface area contributed by atoms with Crippen LogP contribution in [0.25, 0.3) is 0 Å². The van der Waals surface area contributed by atoms with Crippen LogP contribution >= 0.6 is 0 Å². The van der Waals surface area contributed by atoms with Crippen LogP contribution in [0.3, 0.4) is 0 Å². The highest BCUT2D eigenvalue weighted by molar-refractivity contribution is 6.01. The maximum Gasteiger partial charge on any atom is 0.426 e. The molecule has 2 amide bonds. The van der Waals surface area contributed by atoms with E-state index in [2.05, 4.69) is 5.43 Å². The summed E-state index contributed by atoms with van der Waals surface area (Å²) >= 11 is 0. The highest BCUT2D eigenvalue weighted by Crippen LogP contribution is 2.54. The third kappa shape index (κ3) is 1.65. The van der Waals surface area contributed by atoms with Gasteiger partial charge in [-0.3, -0.25) is 9.59 Å². The monoisotopic (exact) mass is 268 g/mol. The Morgan fingerprint density at radius 3 is 2.63 bits per heavy atom. The number of hydrogen-bond donors (Lipinski definition) is 1. The molecule has 1 aliphatic carbocycles. The van der Waals surface area contributed by atoms with Crippen molar-refractivity contribution in [2.45, 2.75) is 46.1 Å². The van der Waals surface area contributed by atoms with E-state index in [1.165, 1.54) is 5.01 Å². The molecular weight excluding hydrogens is 248 g/mol. The molecule has 2 rings (SSSR count). The molecule has 2 atom stereocenters. The van der Waals surface area contributed by atoms with E-state index in [0.29, 0.717) is 12.8 Å². The van der Waals surface area contributed by atoms with E-state index in [9.17, 15) is 14.4 Å². The molecular formula is C13H20N2O4. The first-order valence-corrected chi connectivity index (χ1v) is 6.57. The van der Waals surface area contributed by atoms with Gasteiger partial charge >= 0.3 is 6.09 Å². The number of carbonyl (C=O) groups excluding carboxylic acids is 3. The van der Waals surface area contributed by atoms with E-state index in [0.717, 1.165) is 0 Å². The molecule has 0 radical (unpaired) electrons. The second kappa shape index (κ2) is 4.21. The van der Waals surface area contributed by atoms with E-state index in [1.807, 2.05) is 13.8 Å². The Morgan fingerprint density at radius 1 is 1.42 bits per heavy atom. The summed E-state index contributed by atoms with van der Waals surface area (Å²) in [4.78, 5) is 36.2. The predicted octanol–water partition coefficient (Wildman–Crippen LogP) is 1.25. The van der Waals surface area contributed by atoms with E-state index in [-0.39, 0.29) is 24.2 Å². The number of nitrogens with zero attached hydrogens (tertiary/aromatic N) is 1. The Bertz CT molecular complexity index is 446. The third-order valence-electron chi connectivity index (χ3n) is 4.77. The Kier molecular flexibility index (Phi) is 3.07. The van der Waals surface area contributed by atoms with E-state index in [1.54, 1.807) is 13.8 Å². The van der Waals surface area contributed by atoms with Crippen molar-refractivity contribution in [3.05, 3.63) is 0 Å². The first kappa shape index (κ1) is 13.8. The topological polar surface area (TPSA) is 75.7 Å². The third-order valence-corrected chi connectivity index (χ3v) is 4.77. The number of hydrogen-bond acceptors (Lipinski definition) is 4. The van der Waals surface area contributed by atoms with Crippen LogP contribution in [0.1, 0.15) is 40.5 Å². The van der Waals surface area contributed by atoms with Gasteiger partial charge in [0.1, 0.15) is 5.54 Å². The number of fused-ring (bicyclic) bond motifs is 2. The molecule has 19 heavy (non-hydrogen) atoms. The number of carbonyl (C=O) groups is 3. The molecule has 1 saturated heterocycles. The molecule has 0 aromatic rings. The summed E-state index contributed by atoms with van der Waals surface area (Å²) in [6, 6.07) is 0.